The normalized spacial score (nSPS) is 20.5. The van der Waals surface area contributed by atoms with Gasteiger partial charge in [0, 0.05) is 5.02 Å². The Bertz CT molecular complexity index is 450. The van der Waals surface area contributed by atoms with Gasteiger partial charge in [-0.1, -0.05) is 49.4 Å². The second kappa shape index (κ2) is 5.93. The molecule has 104 valence electrons. The largest absolute Gasteiger partial charge is 0.481 e. The zero-order chi connectivity index (χ0) is 13.9. The van der Waals surface area contributed by atoms with Crippen LogP contribution in [0, 0.1) is 0 Å². The van der Waals surface area contributed by atoms with E-state index in [2.05, 4.69) is 0 Å². The Morgan fingerprint density at radius 2 is 1.84 bits per heavy atom. The summed E-state index contributed by atoms with van der Waals surface area (Å²) in [7, 11) is 0. The molecule has 1 atom stereocenters. The molecule has 0 amide bonds. The Morgan fingerprint density at radius 3 is 2.37 bits per heavy atom. The van der Waals surface area contributed by atoms with Crippen molar-refractivity contribution < 1.29 is 15.0 Å². The minimum absolute atomic E-state index is 0.501. The van der Waals surface area contributed by atoms with E-state index in [1.54, 1.807) is 24.3 Å². The molecular formula is C15H19ClO3. The Kier molecular flexibility index (Phi) is 4.48. The molecule has 0 bridgehead atoms. The number of benzene rings is 1. The molecule has 1 aromatic rings. The topological polar surface area (TPSA) is 57.5 Å². The van der Waals surface area contributed by atoms with Crippen molar-refractivity contribution >= 4 is 17.6 Å². The molecule has 3 nitrogen and oxygen atoms in total. The number of aliphatic carboxylic acids is 1. The molecule has 1 unspecified atom stereocenters. The van der Waals surface area contributed by atoms with Crippen LogP contribution in [0.1, 0.15) is 50.0 Å². The van der Waals surface area contributed by atoms with Crippen molar-refractivity contribution in [3.63, 3.8) is 0 Å². The maximum atomic E-state index is 11.6. The Balaban J connectivity index is 2.36. The van der Waals surface area contributed by atoms with Crippen LogP contribution in [0.4, 0.5) is 0 Å². The second-order valence-corrected chi connectivity index (χ2v) is 5.78. The predicted octanol–water partition coefficient (Wildman–Crippen LogP) is 3.59. The first-order valence-corrected chi connectivity index (χ1v) is 7.11. The molecule has 1 aliphatic rings. The monoisotopic (exact) mass is 282 g/mol. The van der Waals surface area contributed by atoms with E-state index >= 15 is 0 Å². The molecule has 4 heteroatoms. The van der Waals surface area contributed by atoms with Gasteiger partial charge in [-0.3, -0.25) is 4.79 Å². The van der Waals surface area contributed by atoms with E-state index in [1.807, 2.05) is 0 Å². The molecule has 0 heterocycles. The maximum Gasteiger partial charge on any atom is 0.313 e. The molecule has 0 saturated heterocycles. The van der Waals surface area contributed by atoms with Gasteiger partial charge in [-0.15, -0.1) is 0 Å². The Hall–Kier alpha value is -1.06. The van der Waals surface area contributed by atoms with Gasteiger partial charge < -0.3 is 10.2 Å². The molecule has 0 radical (unpaired) electrons. The van der Waals surface area contributed by atoms with Gasteiger partial charge in [0.25, 0.3) is 0 Å². The van der Waals surface area contributed by atoms with Gasteiger partial charge in [0.15, 0.2) is 0 Å². The smallest absolute Gasteiger partial charge is 0.313 e. The fourth-order valence-corrected chi connectivity index (χ4v) is 3.20. The van der Waals surface area contributed by atoms with Gasteiger partial charge in [0.2, 0.25) is 0 Å². The highest BCUT2D eigenvalue weighted by Gasteiger charge is 2.42. The zero-order valence-electron chi connectivity index (χ0n) is 10.8. The minimum Gasteiger partial charge on any atom is -0.481 e. The van der Waals surface area contributed by atoms with Gasteiger partial charge in [0.1, 0.15) is 5.92 Å². The van der Waals surface area contributed by atoms with Gasteiger partial charge >= 0.3 is 5.97 Å². The highest BCUT2D eigenvalue weighted by Crippen LogP contribution is 2.39. The highest BCUT2D eigenvalue weighted by atomic mass is 35.5. The number of carbonyl (C=O) groups is 1. The first kappa shape index (κ1) is 14.4. The number of hydrogen-bond acceptors (Lipinski definition) is 2. The molecule has 0 spiro atoms. The lowest BCUT2D eigenvalue weighted by atomic mass is 9.77. The van der Waals surface area contributed by atoms with Crippen molar-refractivity contribution in [3.05, 3.63) is 34.9 Å². The van der Waals surface area contributed by atoms with Gasteiger partial charge in [-0.25, -0.2) is 0 Å². The number of halogens is 1. The summed E-state index contributed by atoms with van der Waals surface area (Å²) in [5, 5.41) is 20.8. The van der Waals surface area contributed by atoms with Crippen molar-refractivity contribution in [1.29, 1.82) is 0 Å². The van der Waals surface area contributed by atoms with Crippen LogP contribution in [-0.4, -0.2) is 21.8 Å². The fourth-order valence-electron chi connectivity index (χ4n) is 3.00. The van der Waals surface area contributed by atoms with Crippen LogP contribution < -0.4 is 0 Å². The molecule has 0 aromatic heterocycles. The van der Waals surface area contributed by atoms with Crippen molar-refractivity contribution in [1.82, 2.24) is 0 Å². The van der Waals surface area contributed by atoms with E-state index in [4.69, 9.17) is 11.6 Å². The fraction of sp³-hybridized carbons (Fsp3) is 0.533. The third-order valence-electron chi connectivity index (χ3n) is 3.94. The molecule has 19 heavy (non-hydrogen) atoms. The second-order valence-electron chi connectivity index (χ2n) is 5.34. The third-order valence-corrected chi connectivity index (χ3v) is 4.17. The highest BCUT2D eigenvalue weighted by molar-refractivity contribution is 6.30. The van der Waals surface area contributed by atoms with Crippen molar-refractivity contribution in [2.24, 2.45) is 0 Å². The Labute approximate surface area is 118 Å². The van der Waals surface area contributed by atoms with Crippen LogP contribution in [0.3, 0.4) is 0 Å². The summed E-state index contributed by atoms with van der Waals surface area (Å²) in [6.45, 7) is 0. The lowest BCUT2D eigenvalue weighted by molar-refractivity contribution is -0.146. The van der Waals surface area contributed by atoms with E-state index in [-0.39, 0.29) is 0 Å². The van der Waals surface area contributed by atoms with Crippen LogP contribution in [0.5, 0.6) is 0 Å². The number of hydrogen-bond donors (Lipinski definition) is 2. The summed E-state index contributed by atoms with van der Waals surface area (Å²) in [6, 6.07) is 6.81. The van der Waals surface area contributed by atoms with Crippen LogP contribution in [0.25, 0.3) is 0 Å². The average Bonchev–Trinajstić information content (AvgIpc) is 2.54. The maximum absolute atomic E-state index is 11.6. The summed E-state index contributed by atoms with van der Waals surface area (Å²) < 4.78 is 0. The average molecular weight is 283 g/mol. The predicted molar refractivity (Wildman–Crippen MR) is 74.5 cm³/mol. The number of rotatable bonds is 3. The summed E-state index contributed by atoms with van der Waals surface area (Å²) in [5.41, 5.74) is -0.572. The third kappa shape index (κ3) is 3.28. The van der Waals surface area contributed by atoms with Gasteiger partial charge in [-0.05, 0) is 30.5 Å². The molecule has 1 saturated carbocycles. The summed E-state index contributed by atoms with van der Waals surface area (Å²) in [6.07, 6.45) is 4.95. The lowest BCUT2D eigenvalue weighted by Gasteiger charge is -2.33. The van der Waals surface area contributed by atoms with E-state index < -0.39 is 17.5 Å². The minimum atomic E-state index is -1.16. The van der Waals surface area contributed by atoms with Gasteiger partial charge in [-0.2, -0.15) is 0 Å². The summed E-state index contributed by atoms with van der Waals surface area (Å²) in [4.78, 5) is 11.6. The molecule has 1 fully saturated rings. The van der Waals surface area contributed by atoms with Crippen LogP contribution >= 0.6 is 11.6 Å². The van der Waals surface area contributed by atoms with E-state index in [0.29, 0.717) is 23.4 Å². The summed E-state index contributed by atoms with van der Waals surface area (Å²) >= 11 is 5.94. The first-order valence-electron chi connectivity index (χ1n) is 6.73. The zero-order valence-corrected chi connectivity index (χ0v) is 11.6. The molecule has 1 aromatic carbocycles. The van der Waals surface area contributed by atoms with Crippen LogP contribution in [-0.2, 0) is 4.79 Å². The molecule has 0 aliphatic heterocycles. The summed E-state index contributed by atoms with van der Waals surface area (Å²) in [5.74, 6) is -1.88. The number of carboxylic acid groups (broad SMARTS) is 1. The standard InChI is InChI=1S/C15H19ClO3/c16-12-7-5-6-11(10-12)13(14(17)18)15(19)8-3-1-2-4-9-15/h5-7,10,13,19H,1-4,8-9H2,(H,17,18). The van der Waals surface area contributed by atoms with Crippen LogP contribution in [0.2, 0.25) is 5.02 Å². The SMILES string of the molecule is O=C(O)C(c1cccc(Cl)c1)C1(O)CCCCCC1. The van der Waals surface area contributed by atoms with Crippen molar-refractivity contribution in [2.45, 2.75) is 50.0 Å². The molecule has 1 aliphatic carbocycles. The van der Waals surface area contributed by atoms with Crippen molar-refractivity contribution in [2.75, 3.05) is 0 Å². The molecule has 2 rings (SSSR count). The van der Waals surface area contributed by atoms with Gasteiger partial charge in [0.05, 0.1) is 5.60 Å². The first-order chi connectivity index (χ1) is 9.03. The van der Waals surface area contributed by atoms with Crippen molar-refractivity contribution in [3.8, 4) is 0 Å². The molecular weight excluding hydrogens is 264 g/mol. The van der Waals surface area contributed by atoms with E-state index in [1.165, 1.54) is 0 Å². The molecule has 2 N–H and O–H groups in total. The number of aliphatic hydroxyl groups is 1. The van der Waals surface area contributed by atoms with E-state index in [9.17, 15) is 15.0 Å². The quantitative estimate of drug-likeness (QED) is 0.833. The Morgan fingerprint density at radius 1 is 1.21 bits per heavy atom. The van der Waals surface area contributed by atoms with E-state index in [0.717, 1.165) is 25.7 Å². The van der Waals surface area contributed by atoms with Crippen LogP contribution in [0.15, 0.2) is 24.3 Å². The lowest BCUT2D eigenvalue weighted by Crippen LogP contribution is -2.40. The number of carboxylic acids is 1.